The molecule has 7 nitrogen and oxygen atoms in total. The average molecular weight is 287 g/mol. The van der Waals surface area contributed by atoms with Crippen molar-refractivity contribution in [3.8, 4) is 0 Å². The van der Waals surface area contributed by atoms with Crippen molar-refractivity contribution in [1.82, 2.24) is 5.32 Å². The Bertz CT molecular complexity index is 364. The van der Waals surface area contributed by atoms with Gasteiger partial charge in [0.05, 0.1) is 18.8 Å². The van der Waals surface area contributed by atoms with E-state index in [-0.39, 0.29) is 19.3 Å². The number of rotatable bonds is 7. The van der Waals surface area contributed by atoms with Crippen LogP contribution in [0.25, 0.3) is 0 Å². The quantitative estimate of drug-likeness (QED) is 0.429. The second-order valence-corrected chi connectivity index (χ2v) is 4.21. The van der Waals surface area contributed by atoms with Gasteiger partial charge in [0.15, 0.2) is 0 Å². The third-order valence-corrected chi connectivity index (χ3v) is 1.82. The first kappa shape index (κ1) is 17.9. The summed E-state index contributed by atoms with van der Waals surface area (Å²) in [5, 5.41) is 2.47. The molecule has 0 saturated carbocycles. The summed E-state index contributed by atoms with van der Waals surface area (Å²) < 4.78 is 14.3. The highest BCUT2D eigenvalue weighted by Gasteiger charge is 2.09. The van der Waals surface area contributed by atoms with E-state index < -0.39 is 24.1 Å². The standard InChI is InChI=1S/C13H21NO6/c1-5-18-13(17)14-10(4)8-19-11(15)6-7-12(16)20-9(2)3/h6-7,9-10H,5,8H2,1-4H3,(H,14,17)/b7-6+/t10-/m1/s1. The Hall–Kier alpha value is -2.05. The molecule has 0 saturated heterocycles. The summed E-state index contributed by atoms with van der Waals surface area (Å²) in [4.78, 5) is 33.5. The van der Waals surface area contributed by atoms with Gasteiger partial charge in [-0.15, -0.1) is 0 Å². The number of esters is 2. The lowest BCUT2D eigenvalue weighted by molar-refractivity contribution is -0.143. The summed E-state index contributed by atoms with van der Waals surface area (Å²) >= 11 is 0. The van der Waals surface area contributed by atoms with Crippen molar-refractivity contribution in [3.05, 3.63) is 12.2 Å². The van der Waals surface area contributed by atoms with E-state index in [1.54, 1.807) is 27.7 Å². The Morgan fingerprint density at radius 1 is 1.05 bits per heavy atom. The first-order chi connectivity index (χ1) is 9.35. The first-order valence-electron chi connectivity index (χ1n) is 6.33. The third-order valence-electron chi connectivity index (χ3n) is 1.82. The molecule has 0 aliphatic carbocycles. The number of alkyl carbamates (subject to hydrolysis) is 1. The zero-order chi connectivity index (χ0) is 15.5. The normalized spacial score (nSPS) is 12.1. The minimum atomic E-state index is -0.691. The van der Waals surface area contributed by atoms with E-state index >= 15 is 0 Å². The molecule has 1 N–H and O–H groups in total. The Morgan fingerprint density at radius 2 is 1.65 bits per heavy atom. The number of ether oxygens (including phenoxy) is 3. The number of hydrogen-bond donors (Lipinski definition) is 1. The van der Waals surface area contributed by atoms with Gasteiger partial charge in [0.25, 0.3) is 0 Å². The molecule has 114 valence electrons. The van der Waals surface area contributed by atoms with Gasteiger partial charge in [0.1, 0.15) is 6.61 Å². The fourth-order valence-corrected chi connectivity index (χ4v) is 1.08. The van der Waals surface area contributed by atoms with E-state index in [1.165, 1.54) is 0 Å². The minimum absolute atomic E-state index is 0.0266. The summed E-state index contributed by atoms with van der Waals surface area (Å²) in [7, 11) is 0. The lowest BCUT2D eigenvalue weighted by Crippen LogP contribution is -2.36. The van der Waals surface area contributed by atoms with Crippen LogP contribution in [0.4, 0.5) is 4.79 Å². The zero-order valence-corrected chi connectivity index (χ0v) is 12.2. The Morgan fingerprint density at radius 3 is 2.20 bits per heavy atom. The van der Waals surface area contributed by atoms with Crippen LogP contribution in [0.5, 0.6) is 0 Å². The molecule has 0 bridgehead atoms. The van der Waals surface area contributed by atoms with E-state index in [1.807, 2.05) is 0 Å². The summed E-state index contributed by atoms with van der Waals surface area (Å²) in [6.45, 7) is 6.98. The van der Waals surface area contributed by atoms with Gasteiger partial charge in [-0.2, -0.15) is 0 Å². The van der Waals surface area contributed by atoms with Crippen molar-refractivity contribution < 1.29 is 28.6 Å². The van der Waals surface area contributed by atoms with Crippen molar-refractivity contribution >= 4 is 18.0 Å². The van der Waals surface area contributed by atoms with Crippen molar-refractivity contribution in [2.45, 2.75) is 39.8 Å². The van der Waals surface area contributed by atoms with Gasteiger partial charge in [-0.05, 0) is 27.7 Å². The topological polar surface area (TPSA) is 90.9 Å². The molecule has 7 heteroatoms. The molecule has 1 amide bonds. The molecule has 0 aromatic rings. The van der Waals surface area contributed by atoms with E-state index in [0.717, 1.165) is 12.2 Å². The molecule has 0 aliphatic heterocycles. The van der Waals surface area contributed by atoms with Gasteiger partial charge in [-0.25, -0.2) is 14.4 Å². The monoisotopic (exact) mass is 287 g/mol. The Labute approximate surface area is 118 Å². The minimum Gasteiger partial charge on any atom is -0.460 e. The van der Waals surface area contributed by atoms with E-state index in [0.29, 0.717) is 0 Å². The van der Waals surface area contributed by atoms with Crippen molar-refractivity contribution in [3.63, 3.8) is 0 Å². The summed E-state index contributed by atoms with van der Waals surface area (Å²) in [6.07, 6.45) is 1.14. The maximum Gasteiger partial charge on any atom is 0.407 e. The van der Waals surface area contributed by atoms with Gasteiger partial charge in [0.2, 0.25) is 0 Å². The molecule has 0 rings (SSSR count). The summed E-state index contributed by atoms with van der Waals surface area (Å²) in [6, 6.07) is -0.394. The van der Waals surface area contributed by atoms with Gasteiger partial charge in [-0.1, -0.05) is 0 Å². The van der Waals surface area contributed by atoms with Gasteiger partial charge in [-0.3, -0.25) is 0 Å². The van der Waals surface area contributed by atoms with Crippen LogP contribution >= 0.6 is 0 Å². The van der Waals surface area contributed by atoms with Crippen LogP contribution in [-0.2, 0) is 23.8 Å². The fraction of sp³-hybridized carbons (Fsp3) is 0.615. The van der Waals surface area contributed by atoms with Gasteiger partial charge >= 0.3 is 18.0 Å². The molecule has 0 fully saturated rings. The zero-order valence-electron chi connectivity index (χ0n) is 12.2. The third kappa shape index (κ3) is 9.93. The fourth-order valence-electron chi connectivity index (χ4n) is 1.08. The van der Waals surface area contributed by atoms with E-state index in [2.05, 4.69) is 10.1 Å². The maximum atomic E-state index is 11.3. The van der Waals surface area contributed by atoms with Crippen LogP contribution in [0, 0.1) is 0 Å². The van der Waals surface area contributed by atoms with E-state index in [9.17, 15) is 14.4 Å². The summed E-state index contributed by atoms with van der Waals surface area (Å²) in [5.41, 5.74) is 0. The molecule has 0 aromatic heterocycles. The Balaban J connectivity index is 3.95. The Kier molecular flexibility index (Phi) is 8.82. The molecule has 1 atom stereocenters. The van der Waals surface area contributed by atoms with Crippen molar-refractivity contribution in [2.24, 2.45) is 0 Å². The molecule has 0 spiro atoms. The number of carbonyl (C=O) groups excluding carboxylic acids is 3. The highest BCUT2D eigenvalue weighted by molar-refractivity contribution is 5.91. The molecule has 20 heavy (non-hydrogen) atoms. The van der Waals surface area contributed by atoms with Crippen LogP contribution in [-0.4, -0.2) is 43.4 Å². The molecule has 0 radical (unpaired) electrons. The smallest absolute Gasteiger partial charge is 0.407 e. The second-order valence-electron chi connectivity index (χ2n) is 4.21. The number of amides is 1. The first-order valence-corrected chi connectivity index (χ1v) is 6.33. The molecular formula is C13H21NO6. The highest BCUT2D eigenvalue weighted by Crippen LogP contribution is 1.93. The number of carbonyl (C=O) groups is 3. The average Bonchev–Trinajstić information content (AvgIpc) is 2.33. The van der Waals surface area contributed by atoms with Crippen LogP contribution < -0.4 is 5.32 Å². The molecular weight excluding hydrogens is 266 g/mol. The van der Waals surface area contributed by atoms with Crippen molar-refractivity contribution in [2.75, 3.05) is 13.2 Å². The predicted molar refractivity (Wildman–Crippen MR) is 70.9 cm³/mol. The second kappa shape index (κ2) is 9.82. The molecule has 0 aromatic carbocycles. The lowest BCUT2D eigenvalue weighted by Gasteiger charge is -2.12. The van der Waals surface area contributed by atoms with Gasteiger partial charge in [0, 0.05) is 12.2 Å². The van der Waals surface area contributed by atoms with E-state index in [4.69, 9.17) is 9.47 Å². The highest BCUT2D eigenvalue weighted by atomic mass is 16.6. The molecule has 0 aliphatic rings. The van der Waals surface area contributed by atoms with Crippen molar-refractivity contribution in [1.29, 1.82) is 0 Å². The largest absolute Gasteiger partial charge is 0.460 e. The SMILES string of the molecule is CCOC(=O)N[C@H](C)COC(=O)/C=C/C(=O)OC(C)C. The maximum absolute atomic E-state index is 11.3. The van der Waals surface area contributed by atoms with Crippen LogP contribution in [0.2, 0.25) is 0 Å². The van der Waals surface area contributed by atoms with Gasteiger partial charge < -0.3 is 19.5 Å². The lowest BCUT2D eigenvalue weighted by atomic mass is 10.4. The van der Waals surface area contributed by atoms with Crippen LogP contribution in [0.1, 0.15) is 27.7 Å². The molecule has 0 unspecified atom stereocenters. The summed E-state index contributed by atoms with van der Waals surface area (Å²) in [5.74, 6) is -1.31. The number of hydrogen-bond acceptors (Lipinski definition) is 6. The predicted octanol–water partition coefficient (Wildman–Crippen LogP) is 1.17. The van der Waals surface area contributed by atoms with Crippen LogP contribution in [0.3, 0.4) is 0 Å². The van der Waals surface area contributed by atoms with Crippen LogP contribution in [0.15, 0.2) is 12.2 Å². The number of nitrogens with one attached hydrogen (secondary N) is 1. The molecule has 0 heterocycles.